The highest BCUT2D eigenvalue weighted by Gasteiger charge is 2.27. The van der Waals surface area contributed by atoms with Crippen LogP contribution in [-0.2, 0) is 16.2 Å². The van der Waals surface area contributed by atoms with Gasteiger partial charge in [0.25, 0.3) is 0 Å². The van der Waals surface area contributed by atoms with Crippen LogP contribution in [0.15, 0.2) is 152 Å². The molecule has 4 heteroatoms. The van der Waals surface area contributed by atoms with Crippen molar-refractivity contribution in [2.75, 3.05) is 0 Å². The summed E-state index contributed by atoms with van der Waals surface area (Å²) >= 11 is 1.64. The van der Waals surface area contributed by atoms with Crippen molar-refractivity contribution in [3.05, 3.63) is 185 Å². The second kappa shape index (κ2) is 15.4. The summed E-state index contributed by atoms with van der Waals surface area (Å²) in [4.78, 5) is 10.3. The SMILES string of the molecule is CC(c1ccccc1)c1cc(-c2nc3c(-c4cc(-c5cc(-c6ccc(C(C)(C)c7ccccc7)cc6)ccn5)cc(C(C)(C)C)c4)cccc3s2)c(O)c(C(C)(C)C)c1. The number of para-hydroxylation sites is 1. The molecule has 0 spiro atoms. The minimum atomic E-state index is -0.259. The molecule has 0 aliphatic carbocycles. The number of phenols is 1. The number of aromatic nitrogens is 2. The maximum Gasteiger partial charge on any atom is 0.129 e. The average Bonchev–Trinajstić information content (AvgIpc) is 3.68. The maximum atomic E-state index is 11.9. The number of fused-ring (bicyclic) bond motifs is 1. The fourth-order valence-electron chi connectivity index (χ4n) is 8.11. The van der Waals surface area contributed by atoms with E-state index in [4.69, 9.17) is 9.97 Å². The second-order valence-electron chi connectivity index (χ2n) is 18.6. The predicted octanol–water partition coefficient (Wildman–Crippen LogP) is 15.1. The van der Waals surface area contributed by atoms with Crippen LogP contribution < -0.4 is 0 Å². The molecule has 0 bridgehead atoms. The highest BCUT2D eigenvalue weighted by Crippen LogP contribution is 2.46. The third-order valence-corrected chi connectivity index (χ3v) is 13.0. The lowest BCUT2D eigenvalue weighted by atomic mass is 9.78. The van der Waals surface area contributed by atoms with Crippen LogP contribution in [-0.4, -0.2) is 15.1 Å². The first-order valence-electron chi connectivity index (χ1n) is 20.7. The van der Waals surface area contributed by atoms with Crippen LogP contribution in [0.3, 0.4) is 0 Å². The van der Waals surface area contributed by atoms with Crippen LogP contribution in [0.1, 0.15) is 102 Å². The number of pyridine rings is 1. The fraction of sp³-hybridized carbons (Fsp3) is 0.236. The molecular formula is C55H54N2OS. The molecule has 8 aromatic rings. The zero-order valence-electron chi connectivity index (χ0n) is 35.8. The summed E-state index contributed by atoms with van der Waals surface area (Å²) < 4.78 is 1.08. The highest BCUT2D eigenvalue weighted by atomic mass is 32.1. The van der Waals surface area contributed by atoms with Gasteiger partial charge in [0.1, 0.15) is 10.8 Å². The lowest BCUT2D eigenvalue weighted by Gasteiger charge is -2.26. The molecule has 0 radical (unpaired) electrons. The molecule has 3 nitrogen and oxygen atoms in total. The first-order chi connectivity index (χ1) is 28.1. The first-order valence-corrected chi connectivity index (χ1v) is 21.5. The number of aromatic hydroxyl groups is 1. The molecule has 6 aromatic carbocycles. The summed E-state index contributed by atoms with van der Waals surface area (Å²) in [7, 11) is 0. The van der Waals surface area contributed by atoms with E-state index in [2.05, 4.69) is 208 Å². The van der Waals surface area contributed by atoms with E-state index in [1.165, 1.54) is 22.3 Å². The molecule has 0 aliphatic rings. The largest absolute Gasteiger partial charge is 0.507 e. The molecule has 0 fully saturated rings. The van der Waals surface area contributed by atoms with Crippen LogP contribution in [0.4, 0.5) is 0 Å². The molecule has 0 saturated heterocycles. The maximum absolute atomic E-state index is 11.9. The molecule has 2 heterocycles. The molecule has 0 saturated carbocycles. The minimum absolute atomic E-state index is 0.101. The van der Waals surface area contributed by atoms with Crippen LogP contribution in [0.5, 0.6) is 5.75 Å². The normalized spacial score (nSPS) is 12.8. The van der Waals surface area contributed by atoms with Gasteiger partial charge in [0.2, 0.25) is 0 Å². The summed E-state index contributed by atoms with van der Waals surface area (Å²) in [5, 5.41) is 12.7. The van der Waals surface area contributed by atoms with E-state index in [1.54, 1.807) is 11.3 Å². The van der Waals surface area contributed by atoms with Crippen molar-refractivity contribution in [2.45, 2.75) is 84.5 Å². The van der Waals surface area contributed by atoms with Crippen LogP contribution >= 0.6 is 11.3 Å². The Labute approximate surface area is 354 Å². The molecule has 0 aliphatic heterocycles. The summed E-state index contributed by atoms with van der Waals surface area (Å²) in [5.74, 6) is 0.457. The summed E-state index contributed by atoms with van der Waals surface area (Å²) in [6.07, 6.45) is 1.93. The molecule has 1 atom stereocenters. The van der Waals surface area contributed by atoms with E-state index in [1.807, 2.05) is 6.20 Å². The van der Waals surface area contributed by atoms with Crippen molar-refractivity contribution < 1.29 is 5.11 Å². The quantitative estimate of drug-likeness (QED) is 0.167. The third kappa shape index (κ3) is 7.99. The predicted molar refractivity (Wildman–Crippen MR) is 251 cm³/mol. The van der Waals surface area contributed by atoms with E-state index in [-0.39, 0.29) is 22.2 Å². The Kier molecular flexibility index (Phi) is 10.4. The van der Waals surface area contributed by atoms with Crippen molar-refractivity contribution >= 4 is 21.6 Å². The summed E-state index contributed by atoms with van der Waals surface area (Å²) in [6, 6.07) is 52.2. The molecule has 296 valence electrons. The van der Waals surface area contributed by atoms with Gasteiger partial charge in [0.05, 0.1) is 21.5 Å². The van der Waals surface area contributed by atoms with Crippen LogP contribution in [0.2, 0.25) is 0 Å². The van der Waals surface area contributed by atoms with Gasteiger partial charge in [0, 0.05) is 34.2 Å². The Balaban J connectivity index is 1.20. The highest BCUT2D eigenvalue weighted by molar-refractivity contribution is 7.21. The van der Waals surface area contributed by atoms with Gasteiger partial charge in [-0.05, 0) is 91.7 Å². The number of phenolic OH excluding ortho intramolecular Hbond substituents is 1. The van der Waals surface area contributed by atoms with Crippen molar-refractivity contribution in [3.8, 4) is 49.8 Å². The number of hydrogen-bond donors (Lipinski definition) is 1. The Morgan fingerprint density at radius 2 is 1.19 bits per heavy atom. The topological polar surface area (TPSA) is 46.0 Å². The first kappa shape index (κ1) is 40.0. The van der Waals surface area contributed by atoms with E-state index in [0.29, 0.717) is 5.75 Å². The van der Waals surface area contributed by atoms with E-state index in [9.17, 15) is 5.11 Å². The van der Waals surface area contributed by atoms with E-state index >= 15 is 0 Å². The lowest BCUT2D eigenvalue weighted by Crippen LogP contribution is -2.18. The molecule has 8 rings (SSSR count). The number of benzene rings is 6. The summed E-state index contributed by atoms with van der Waals surface area (Å²) in [5.41, 5.74) is 14.8. The van der Waals surface area contributed by atoms with Gasteiger partial charge in [-0.3, -0.25) is 4.98 Å². The number of hydrogen-bond acceptors (Lipinski definition) is 4. The zero-order valence-corrected chi connectivity index (χ0v) is 36.6. The number of nitrogens with zero attached hydrogens (tertiary/aromatic N) is 2. The number of rotatable bonds is 8. The fourth-order valence-corrected chi connectivity index (χ4v) is 9.11. The van der Waals surface area contributed by atoms with Crippen molar-refractivity contribution in [2.24, 2.45) is 0 Å². The second-order valence-corrected chi connectivity index (χ2v) is 19.6. The van der Waals surface area contributed by atoms with Crippen molar-refractivity contribution in [1.29, 1.82) is 0 Å². The molecule has 59 heavy (non-hydrogen) atoms. The third-order valence-electron chi connectivity index (χ3n) is 12.0. The Bertz CT molecular complexity index is 2770. The van der Waals surface area contributed by atoms with Gasteiger partial charge in [-0.25, -0.2) is 4.98 Å². The van der Waals surface area contributed by atoms with Crippen LogP contribution in [0, 0.1) is 0 Å². The van der Waals surface area contributed by atoms with Crippen molar-refractivity contribution in [3.63, 3.8) is 0 Å². The molecule has 1 N–H and O–H groups in total. The smallest absolute Gasteiger partial charge is 0.129 e. The molecule has 1 unspecified atom stereocenters. The standard InChI is InChI=1S/C55H54N2OS/c1-35(36-17-12-10-13-18-36)39-32-46(51(58)47(33-39)54(5,6)7)52-57-50-45(21-16-22-49(50)59-52)40-29-41(31-44(30-40)53(2,3)4)48-34-38(27-28-56-48)37-23-25-43(26-24-37)55(8,9)42-19-14-11-15-20-42/h10-35,58H,1-9H3. The van der Waals surface area contributed by atoms with Gasteiger partial charge >= 0.3 is 0 Å². The molecule has 2 aromatic heterocycles. The molecular weight excluding hydrogens is 737 g/mol. The van der Waals surface area contributed by atoms with Gasteiger partial charge in [-0.15, -0.1) is 11.3 Å². The summed E-state index contributed by atoms with van der Waals surface area (Å²) in [6.45, 7) is 20.1. The Morgan fingerprint density at radius 1 is 0.525 bits per heavy atom. The van der Waals surface area contributed by atoms with Crippen molar-refractivity contribution in [1.82, 2.24) is 9.97 Å². The van der Waals surface area contributed by atoms with Gasteiger partial charge in [-0.1, -0.05) is 172 Å². The van der Waals surface area contributed by atoms with E-state index in [0.717, 1.165) is 65.4 Å². The van der Waals surface area contributed by atoms with Gasteiger partial charge in [-0.2, -0.15) is 0 Å². The van der Waals surface area contributed by atoms with Gasteiger partial charge in [0.15, 0.2) is 0 Å². The number of thiazole rings is 1. The zero-order chi connectivity index (χ0) is 41.7. The Hall–Kier alpha value is -5.84. The molecule has 0 amide bonds. The van der Waals surface area contributed by atoms with Crippen LogP contribution in [0.25, 0.3) is 54.3 Å². The van der Waals surface area contributed by atoms with E-state index < -0.39 is 0 Å². The average molecular weight is 791 g/mol. The Morgan fingerprint density at radius 3 is 1.86 bits per heavy atom. The monoisotopic (exact) mass is 790 g/mol. The lowest BCUT2D eigenvalue weighted by molar-refractivity contribution is 0.448. The van der Waals surface area contributed by atoms with Gasteiger partial charge < -0.3 is 5.11 Å². The minimum Gasteiger partial charge on any atom is -0.507 e.